The van der Waals surface area contributed by atoms with Crippen molar-refractivity contribution in [3.05, 3.63) is 0 Å². The smallest absolute Gasteiger partial charge is 0.133 e. The number of rotatable bonds is 2. The van der Waals surface area contributed by atoms with Gasteiger partial charge in [0, 0.05) is 19.4 Å². The highest BCUT2D eigenvalue weighted by molar-refractivity contribution is 5.80. The number of carbonyl (C=O) groups is 1. The van der Waals surface area contributed by atoms with Crippen molar-refractivity contribution in [3.8, 4) is 0 Å². The van der Waals surface area contributed by atoms with Crippen LogP contribution in [0.1, 0.15) is 44.9 Å². The molecule has 2 aliphatic carbocycles. The molecule has 0 radical (unpaired) electrons. The number of aliphatic hydroxyl groups excluding tert-OH is 1. The lowest BCUT2D eigenvalue weighted by molar-refractivity contribution is -0.125. The van der Waals surface area contributed by atoms with Crippen molar-refractivity contribution in [1.29, 1.82) is 0 Å². The van der Waals surface area contributed by atoms with Gasteiger partial charge in [-0.2, -0.15) is 0 Å². The Morgan fingerprint density at radius 2 is 2.31 bits per heavy atom. The summed E-state index contributed by atoms with van der Waals surface area (Å²) in [5.41, 5.74) is 0.212. The number of carbonyl (C=O) groups excluding carboxylic acids is 1. The maximum absolute atomic E-state index is 11.4. The predicted octanol–water partition coefficient (Wildman–Crippen LogP) is 1.91. The molecule has 0 amide bonds. The molecule has 1 N–H and O–H groups in total. The van der Waals surface area contributed by atoms with E-state index in [0.29, 0.717) is 5.78 Å². The zero-order valence-corrected chi connectivity index (χ0v) is 8.09. The quantitative estimate of drug-likeness (QED) is 0.708. The van der Waals surface area contributed by atoms with E-state index in [9.17, 15) is 4.79 Å². The second kappa shape index (κ2) is 3.41. The predicted molar refractivity (Wildman–Crippen MR) is 50.3 cm³/mol. The van der Waals surface area contributed by atoms with Gasteiger partial charge in [-0.05, 0) is 37.0 Å². The molecule has 74 valence electrons. The molecule has 0 heterocycles. The van der Waals surface area contributed by atoms with E-state index in [1.165, 1.54) is 19.3 Å². The van der Waals surface area contributed by atoms with Gasteiger partial charge in [-0.25, -0.2) is 0 Å². The summed E-state index contributed by atoms with van der Waals surface area (Å²) in [6, 6.07) is 0. The summed E-state index contributed by atoms with van der Waals surface area (Å²) in [6.45, 7) is 0.254. The first-order valence-corrected chi connectivity index (χ1v) is 5.39. The molecule has 0 aliphatic heterocycles. The fourth-order valence-electron chi connectivity index (χ4n) is 3.35. The standard InChI is InChI=1S/C11H18O2/c12-7-6-11-5-1-2-9(11)3-4-10(13)8-11/h9,12H,1-8H2. The van der Waals surface area contributed by atoms with Crippen LogP contribution < -0.4 is 0 Å². The first kappa shape index (κ1) is 9.20. The van der Waals surface area contributed by atoms with Crippen molar-refractivity contribution in [2.24, 2.45) is 11.3 Å². The number of hydrogen-bond donors (Lipinski definition) is 1. The van der Waals surface area contributed by atoms with Crippen LogP contribution in [0.2, 0.25) is 0 Å². The van der Waals surface area contributed by atoms with Gasteiger partial charge in [0.05, 0.1) is 0 Å². The van der Waals surface area contributed by atoms with Crippen molar-refractivity contribution in [2.75, 3.05) is 6.61 Å². The summed E-state index contributed by atoms with van der Waals surface area (Å²) in [7, 11) is 0. The Kier molecular flexibility index (Phi) is 2.41. The zero-order chi connectivity index (χ0) is 9.31. The highest BCUT2D eigenvalue weighted by atomic mass is 16.3. The van der Waals surface area contributed by atoms with E-state index in [1.807, 2.05) is 0 Å². The van der Waals surface area contributed by atoms with Crippen molar-refractivity contribution >= 4 is 5.78 Å². The summed E-state index contributed by atoms with van der Waals surface area (Å²) in [5, 5.41) is 9.04. The molecule has 0 saturated heterocycles. The highest BCUT2D eigenvalue weighted by Gasteiger charge is 2.45. The van der Waals surface area contributed by atoms with Gasteiger partial charge in [0.1, 0.15) is 5.78 Å². The van der Waals surface area contributed by atoms with Crippen molar-refractivity contribution in [2.45, 2.75) is 44.9 Å². The fourth-order valence-corrected chi connectivity index (χ4v) is 3.35. The molecule has 0 spiro atoms. The van der Waals surface area contributed by atoms with E-state index in [1.54, 1.807) is 0 Å². The molecule has 2 heteroatoms. The van der Waals surface area contributed by atoms with E-state index >= 15 is 0 Å². The van der Waals surface area contributed by atoms with Gasteiger partial charge in [-0.1, -0.05) is 6.42 Å². The Balaban J connectivity index is 2.13. The molecular weight excluding hydrogens is 164 g/mol. The fraction of sp³-hybridized carbons (Fsp3) is 0.909. The van der Waals surface area contributed by atoms with Gasteiger partial charge in [0.25, 0.3) is 0 Å². The molecule has 2 nitrogen and oxygen atoms in total. The van der Waals surface area contributed by atoms with Gasteiger partial charge in [0.2, 0.25) is 0 Å². The van der Waals surface area contributed by atoms with Crippen LogP contribution in [0.3, 0.4) is 0 Å². The first-order valence-electron chi connectivity index (χ1n) is 5.39. The Labute approximate surface area is 79.3 Å². The molecule has 2 rings (SSSR count). The lowest BCUT2D eigenvalue weighted by Crippen LogP contribution is -2.34. The average Bonchev–Trinajstić information content (AvgIpc) is 2.47. The minimum Gasteiger partial charge on any atom is -0.396 e. The minimum absolute atomic E-state index is 0.212. The van der Waals surface area contributed by atoms with Crippen LogP contribution in [0.15, 0.2) is 0 Å². The SMILES string of the molecule is O=C1CCC2CCCC2(CCO)C1. The normalized spacial score (nSPS) is 39.2. The average molecular weight is 182 g/mol. The molecule has 2 fully saturated rings. The number of Topliss-reactive ketones (excluding diaryl/α,β-unsaturated/α-hetero) is 1. The zero-order valence-electron chi connectivity index (χ0n) is 8.09. The van der Waals surface area contributed by atoms with Crippen LogP contribution in [0.25, 0.3) is 0 Å². The Hall–Kier alpha value is -0.370. The van der Waals surface area contributed by atoms with Crippen LogP contribution >= 0.6 is 0 Å². The first-order chi connectivity index (χ1) is 6.27. The molecule has 0 aromatic rings. The summed E-state index contributed by atoms with van der Waals surface area (Å²) in [6.07, 6.45) is 7.19. The van der Waals surface area contributed by atoms with Crippen LogP contribution in [0, 0.1) is 11.3 Å². The Morgan fingerprint density at radius 1 is 1.46 bits per heavy atom. The van der Waals surface area contributed by atoms with Crippen LogP contribution in [0.5, 0.6) is 0 Å². The van der Waals surface area contributed by atoms with Gasteiger partial charge >= 0.3 is 0 Å². The molecule has 2 saturated carbocycles. The lowest BCUT2D eigenvalue weighted by Gasteiger charge is -2.38. The highest BCUT2D eigenvalue weighted by Crippen LogP contribution is 2.53. The van der Waals surface area contributed by atoms with E-state index < -0.39 is 0 Å². The molecule has 0 aromatic carbocycles. The molecule has 2 aliphatic rings. The van der Waals surface area contributed by atoms with Crippen LogP contribution in [-0.2, 0) is 4.79 Å². The third-order valence-electron chi connectivity index (χ3n) is 4.02. The third kappa shape index (κ3) is 1.52. The minimum atomic E-state index is 0.212. The maximum atomic E-state index is 11.4. The van der Waals surface area contributed by atoms with E-state index in [2.05, 4.69) is 0 Å². The van der Waals surface area contributed by atoms with Gasteiger partial charge in [0.15, 0.2) is 0 Å². The second-order valence-corrected chi connectivity index (χ2v) is 4.68. The molecule has 0 aromatic heterocycles. The number of aliphatic hydroxyl groups is 1. The summed E-state index contributed by atoms with van der Waals surface area (Å²) >= 11 is 0. The molecule has 2 atom stereocenters. The summed E-state index contributed by atoms with van der Waals surface area (Å²) < 4.78 is 0. The number of hydrogen-bond acceptors (Lipinski definition) is 2. The molecule has 2 unspecified atom stereocenters. The number of fused-ring (bicyclic) bond motifs is 1. The Bertz CT molecular complexity index is 212. The van der Waals surface area contributed by atoms with Gasteiger partial charge in [-0.3, -0.25) is 4.79 Å². The van der Waals surface area contributed by atoms with E-state index in [-0.39, 0.29) is 12.0 Å². The van der Waals surface area contributed by atoms with Crippen LogP contribution in [-0.4, -0.2) is 17.5 Å². The molecule has 0 bridgehead atoms. The monoisotopic (exact) mass is 182 g/mol. The largest absolute Gasteiger partial charge is 0.396 e. The maximum Gasteiger partial charge on any atom is 0.133 e. The third-order valence-corrected chi connectivity index (χ3v) is 4.02. The Morgan fingerprint density at radius 3 is 3.08 bits per heavy atom. The van der Waals surface area contributed by atoms with Crippen molar-refractivity contribution in [3.63, 3.8) is 0 Å². The van der Waals surface area contributed by atoms with Crippen molar-refractivity contribution in [1.82, 2.24) is 0 Å². The second-order valence-electron chi connectivity index (χ2n) is 4.68. The summed E-state index contributed by atoms with van der Waals surface area (Å²) in [5.74, 6) is 1.16. The topological polar surface area (TPSA) is 37.3 Å². The lowest BCUT2D eigenvalue weighted by atomic mass is 9.66. The number of ketones is 1. The van der Waals surface area contributed by atoms with Crippen molar-refractivity contribution < 1.29 is 9.90 Å². The van der Waals surface area contributed by atoms with Gasteiger partial charge in [-0.15, -0.1) is 0 Å². The molecule has 13 heavy (non-hydrogen) atoms. The van der Waals surface area contributed by atoms with E-state index in [4.69, 9.17) is 5.11 Å². The van der Waals surface area contributed by atoms with E-state index in [0.717, 1.165) is 31.6 Å². The molecular formula is C11H18O2. The summed E-state index contributed by atoms with van der Waals surface area (Å²) in [4.78, 5) is 11.4. The van der Waals surface area contributed by atoms with Gasteiger partial charge < -0.3 is 5.11 Å². The van der Waals surface area contributed by atoms with Crippen LogP contribution in [0.4, 0.5) is 0 Å².